The molecule has 0 aromatic rings. The van der Waals surface area contributed by atoms with Crippen molar-refractivity contribution in [2.45, 2.75) is 0 Å². The van der Waals surface area contributed by atoms with Crippen molar-refractivity contribution in [1.82, 2.24) is 9.62 Å². The second-order valence-corrected chi connectivity index (χ2v) is 5.74. The summed E-state index contributed by atoms with van der Waals surface area (Å²) in [7, 11) is -2.94. The van der Waals surface area contributed by atoms with Gasteiger partial charge < -0.3 is 5.32 Å². The first-order valence-corrected chi connectivity index (χ1v) is 6.08. The molecule has 12 heavy (non-hydrogen) atoms. The summed E-state index contributed by atoms with van der Waals surface area (Å²) in [6.45, 7) is 3.40. The number of nitrogens with one attached hydrogen (secondary N) is 1. The maximum absolute atomic E-state index is 11.2. The van der Waals surface area contributed by atoms with Crippen LogP contribution in [0.2, 0.25) is 0 Å². The molecule has 0 radical (unpaired) electrons. The lowest BCUT2D eigenvalue weighted by atomic mass is 10.0. The van der Waals surface area contributed by atoms with Crippen LogP contribution in [0.15, 0.2) is 0 Å². The number of hydrogen-bond acceptors (Lipinski definition) is 3. The molecule has 0 bridgehead atoms. The number of sulfonamides is 1. The fourth-order valence-electron chi connectivity index (χ4n) is 2.08. The minimum Gasteiger partial charge on any atom is -0.316 e. The highest BCUT2D eigenvalue weighted by molar-refractivity contribution is 7.88. The van der Waals surface area contributed by atoms with Gasteiger partial charge in [-0.1, -0.05) is 0 Å². The fourth-order valence-corrected chi connectivity index (χ4v) is 3.01. The SMILES string of the molecule is CS(=O)(=O)N1C[C@H]2CNC[C@H]2C1. The van der Waals surface area contributed by atoms with Crippen molar-refractivity contribution in [2.24, 2.45) is 11.8 Å². The largest absolute Gasteiger partial charge is 0.316 e. The quantitative estimate of drug-likeness (QED) is 0.583. The average Bonchev–Trinajstić information content (AvgIpc) is 2.37. The first kappa shape index (κ1) is 8.47. The first-order chi connectivity index (χ1) is 5.57. The second kappa shape index (κ2) is 2.68. The maximum atomic E-state index is 11.2. The molecule has 5 heteroatoms. The molecule has 2 saturated heterocycles. The molecule has 0 aliphatic carbocycles. The van der Waals surface area contributed by atoms with Crippen LogP contribution in [0.3, 0.4) is 0 Å². The van der Waals surface area contributed by atoms with E-state index in [9.17, 15) is 8.42 Å². The van der Waals surface area contributed by atoms with E-state index in [2.05, 4.69) is 5.32 Å². The molecule has 0 unspecified atom stereocenters. The Labute approximate surface area is 73.0 Å². The summed E-state index contributed by atoms with van der Waals surface area (Å²) in [5.74, 6) is 1.11. The van der Waals surface area contributed by atoms with Gasteiger partial charge in [-0.2, -0.15) is 0 Å². The normalized spacial score (nSPS) is 37.1. The Morgan fingerprint density at radius 2 is 1.75 bits per heavy atom. The zero-order valence-electron chi connectivity index (χ0n) is 7.16. The summed E-state index contributed by atoms with van der Waals surface area (Å²) in [4.78, 5) is 0. The summed E-state index contributed by atoms with van der Waals surface area (Å²) >= 11 is 0. The van der Waals surface area contributed by atoms with Gasteiger partial charge in [0.15, 0.2) is 0 Å². The highest BCUT2D eigenvalue weighted by Gasteiger charge is 2.39. The molecule has 70 valence electrons. The van der Waals surface area contributed by atoms with Crippen LogP contribution in [0, 0.1) is 11.8 Å². The maximum Gasteiger partial charge on any atom is 0.211 e. The molecule has 0 amide bonds. The Morgan fingerprint density at radius 3 is 2.17 bits per heavy atom. The lowest BCUT2D eigenvalue weighted by Gasteiger charge is -2.13. The summed E-state index contributed by atoms with van der Waals surface area (Å²) < 4.78 is 23.9. The predicted octanol–water partition coefficient (Wildman–Crippen LogP) is -0.903. The Bertz CT molecular complexity index is 263. The van der Waals surface area contributed by atoms with Gasteiger partial charge in [0.25, 0.3) is 0 Å². The van der Waals surface area contributed by atoms with Gasteiger partial charge in [-0.05, 0) is 24.9 Å². The smallest absolute Gasteiger partial charge is 0.211 e. The standard InChI is InChI=1S/C7H14N2O2S/c1-12(10,11)9-4-6-2-8-3-7(6)5-9/h6-8H,2-5H2,1H3/t6-,7+. The third-order valence-electron chi connectivity index (χ3n) is 2.83. The fraction of sp³-hybridized carbons (Fsp3) is 1.00. The van der Waals surface area contributed by atoms with Crippen molar-refractivity contribution in [3.05, 3.63) is 0 Å². The van der Waals surface area contributed by atoms with E-state index < -0.39 is 10.0 Å². The lowest BCUT2D eigenvalue weighted by molar-refractivity contribution is 0.452. The van der Waals surface area contributed by atoms with Crippen LogP contribution in [-0.2, 0) is 10.0 Å². The minimum absolute atomic E-state index is 0.555. The Kier molecular flexibility index (Phi) is 1.89. The summed E-state index contributed by atoms with van der Waals surface area (Å²) in [5, 5.41) is 3.27. The molecule has 2 aliphatic heterocycles. The molecule has 4 nitrogen and oxygen atoms in total. The van der Waals surface area contributed by atoms with E-state index >= 15 is 0 Å². The monoisotopic (exact) mass is 190 g/mol. The molecule has 2 aliphatic rings. The molecule has 2 atom stereocenters. The topological polar surface area (TPSA) is 49.4 Å². The average molecular weight is 190 g/mol. The molecular formula is C7H14N2O2S. The van der Waals surface area contributed by atoms with Crippen molar-refractivity contribution in [3.8, 4) is 0 Å². The predicted molar refractivity (Wildman–Crippen MR) is 46.3 cm³/mol. The van der Waals surface area contributed by atoms with Crippen LogP contribution in [0.4, 0.5) is 0 Å². The van der Waals surface area contributed by atoms with Crippen molar-refractivity contribution in [1.29, 1.82) is 0 Å². The van der Waals surface area contributed by atoms with Gasteiger partial charge in [-0.3, -0.25) is 0 Å². The lowest BCUT2D eigenvalue weighted by Crippen LogP contribution is -2.30. The zero-order valence-corrected chi connectivity index (χ0v) is 7.97. The van der Waals surface area contributed by atoms with Crippen molar-refractivity contribution in [2.75, 3.05) is 32.4 Å². The van der Waals surface area contributed by atoms with Crippen molar-refractivity contribution in [3.63, 3.8) is 0 Å². The summed E-state index contributed by atoms with van der Waals surface area (Å²) in [5.41, 5.74) is 0. The van der Waals surface area contributed by atoms with E-state index in [0.717, 1.165) is 26.2 Å². The van der Waals surface area contributed by atoms with Gasteiger partial charge in [-0.15, -0.1) is 0 Å². The Balaban J connectivity index is 2.09. The van der Waals surface area contributed by atoms with Crippen molar-refractivity contribution < 1.29 is 8.42 Å². The zero-order chi connectivity index (χ0) is 8.77. The third-order valence-corrected chi connectivity index (χ3v) is 4.06. The van der Waals surface area contributed by atoms with Gasteiger partial charge in [0, 0.05) is 13.1 Å². The van der Waals surface area contributed by atoms with Crippen LogP contribution >= 0.6 is 0 Å². The Morgan fingerprint density at radius 1 is 1.25 bits per heavy atom. The van der Waals surface area contributed by atoms with Gasteiger partial charge in [0.05, 0.1) is 6.26 Å². The molecule has 0 aromatic heterocycles. The Hall–Kier alpha value is -0.130. The molecule has 1 N–H and O–H groups in total. The van der Waals surface area contributed by atoms with Gasteiger partial charge in [-0.25, -0.2) is 12.7 Å². The molecule has 2 fully saturated rings. The highest BCUT2D eigenvalue weighted by Crippen LogP contribution is 2.27. The third kappa shape index (κ3) is 1.36. The molecule has 2 heterocycles. The summed E-state index contributed by atoms with van der Waals surface area (Å²) in [6.07, 6.45) is 1.29. The highest BCUT2D eigenvalue weighted by atomic mass is 32.2. The second-order valence-electron chi connectivity index (χ2n) is 3.76. The van der Waals surface area contributed by atoms with Gasteiger partial charge >= 0.3 is 0 Å². The van der Waals surface area contributed by atoms with Crippen LogP contribution in [0.5, 0.6) is 0 Å². The van der Waals surface area contributed by atoms with E-state index in [4.69, 9.17) is 0 Å². The van der Waals surface area contributed by atoms with E-state index in [1.807, 2.05) is 0 Å². The van der Waals surface area contributed by atoms with Gasteiger partial charge in [0.2, 0.25) is 10.0 Å². The molecule has 0 saturated carbocycles. The molecule has 2 rings (SSSR count). The van der Waals surface area contributed by atoms with Crippen molar-refractivity contribution >= 4 is 10.0 Å². The first-order valence-electron chi connectivity index (χ1n) is 4.23. The minimum atomic E-state index is -2.94. The summed E-state index contributed by atoms with van der Waals surface area (Å²) in [6, 6.07) is 0. The number of rotatable bonds is 1. The number of fused-ring (bicyclic) bond motifs is 1. The molecular weight excluding hydrogens is 176 g/mol. The van der Waals surface area contributed by atoms with Crippen LogP contribution < -0.4 is 5.32 Å². The van der Waals surface area contributed by atoms with E-state index in [-0.39, 0.29) is 0 Å². The number of nitrogens with zero attached hydrogens (tertiary/aromatic N) is 1. The van der Waals surface area contributed by atoms with Crippen LogP contribution in [0.25, 0.3) is 0 Å². The molecule has 0 spiro atoms. The van der Waals surface area contributed by atoms with E-state index in [1.165, 1.54) is 6.26 Å². The molecule has 0 aromatic carbocycles. The van der Waals surface area contributed by atoms with E-state index in [1.54, 1.807) is 4.31 Å². The van der Waals surface area contributed by atoms with Crippen LogP contribution in [0.1, 0.15) is 0 Å². The van der Waals surface area contributed by atoms with Crippen LogP contribution in [-0.4, -0.2) is 45.2 Å². The van der Waals surface area contributed by atoms with E-state index in [0.29, 0.717) is 11.8 Å². The van der Waals surface area contributed by atoms with Gasteiger partial charge in [0.1, 0.15) is 0 Å². The number of hydrogen-bond donors (Lipinski definition) is 1.